The van der Waals surface area contributed by atoms with Gasteiger partial charge in [-0.2, -0.15) is 0 Å². The highest BCUT2D eigenvalue weighted by atomic mass is 16.6. The van der Waals surface area contributed by atoms with Crippen LogP contribution in [0.1, 0.15) is 22.7 Å². The molecule has 0 spiro atoms. The van der Waals surface area contributed by atoms with Crippen molar-refractivity contribution in [1.82, 2.24) is 4.90 Å². The summed E-state index contributed by atoms with van der Waals surface area (Å²) in [5, 5.41) is 21.9. The molecule has 0 heterocycles. The highest BCUT2D eigenvalue weighted by Crippen LogP contribution is 2.28. The lowest BCUT2D eigenvalue weighted by atomic mass is 9.98. The molecule has 5 heteroatoms. The Bertz CT molecular complexity index is 815. The molecule has 2 atom stereocenters. The summed E-state index contributed by atoms with van der Waals surface area (Å²) in [5.74, 6) is 0. The zero-order chi connectivity index (χ0) is 19.8. The van der Waals surface area contributed by atoms with Crippen LogP contribution in [0.3, 0.4) is 0 Å². The van der Waals surface area contributed by atoms with Crippen LogP contribution in [0.5, 0.6) is 0 Å². The number of benzene rings is 3. The molecule has 0 aliphatic carbocycles. The standard InChI is InChI=1S/C23H24N2O3/c26-22(18-25(27)28)23(21-14-8-3-9-15-21)24(16-19-10-4-1-5-11-19)17-20-12-6-2-7-13-20/h1-15,22-23,26H,16-18H2/t22-,23+/m1/s1. The molecular formula is C23H24N2O3. The van der Waals surface area contributed by atoms with Crippen molar-refractivity contribution >= 4 is 0 Å². The molecule has 0 bridgehead atoms. The quantitative estimate of drug-likeness (QED) is 0.452. The minimum atomic E-state index is -1.12. The number of hydrogen-bond donors (Lipinski definition) is 1. The van der Waals surface area contributed by atoms with Crippen LogP contribution in [-0.2, 0) is 13.1 Å². The maximum absolute atomic E-state index is 11.1. The van der Waals surface area contributed by atoms with Crippen molar-refractivity contribution in [3.8, 4) is 0 Å². The predicted molar refractivity (Wildman–Crippen MR) is 109 cm³/mol. The molecule has 0 unspecified atom stereocenters. The number of aliphatic hydroxyl groups is 1. The summed E-state index contributed by atoms with van der Waals surface area (Å²) in [4.78, 5) is 12.8. The van der Waals surface area contributed by atoms with Gasteiger partial charge in [0.2, 0.25) is 6.54 Å². The number of aliphatic hydroxyl groups excluding tert-OH is 1. The van der Waals surface area contributed by atoms with E-state index in [0.717, 1.165) is 16.7 Å². The molecule has 0 fully saturated rings. The Morgan fingerprint density at radius 1 is 0.786 bits per heavy atom. The van der Waals surface area contributed by atoms with E-state index in [1.54, 1.807) is 0 Å². The van der Waals surface area contributed by atoms with Crippen molar-refractivity contribution in [1.29, 1.82) is 0 Å². The lowest BCUT2D eigenvalue weighted by Crippen LogP contribution is -2.39. The molecule has 5 nitrogen and oxygen atoms in total. The van der Waals surface area contributed by atoms with Crippen molar-refractivity contribution in [2.75, 3.05) is 6.54 Å². The second-order valence-electron chi connectivity index (χ2n) is 6.81. The number of rotatable bonds is 9. The largest absolute Gasteiger partial charge is 0.384 e. The van der Waals surface area contributed by atoms with Crippen molar-refractivity contribution in [2.24, 2.45) is 0 Å². The van der Waals surface area contributed by atoms with Gasteiger partial charge in [0.05, 0.1) is 6.04 Å². The monoisotopic (exact) mass is 376 g/mol. The van der Waals surface area contributed by atoms with Gasteiger partial charge < -0.3 is 5.11 Å². The van der Waals surface area contributed by atoms with E-state index in [2.05, 4.69) is 4.90 Å². The summed E-state index contributed by atoms with van der Waals surface area (Å²) in [5.41, 5.74) is 3.05. The van der Waals surface area contributed by atoms with E-state index in [1.807, 2.05) is 91.0 Å². The van der Waals surface area contributed by atoms with E-state index >= 15 is 0 Å². The molecule has 0 amide bonds. The molecule has 0 radical (unpaired) electrons. The molecule has 3 aromatic rings. The van der Waals surface area contributed by atoms with Gasteiger partial charge in [0.25, 0.3) is 0 Å². The van der Waals surface area contributed by atoms with Gasteiger partial charge >= 0.3 is 0 Å². The van der Waals surface area contributed by atoms with Gasteiger partial charge in [0, 0.05) is 18.0 Å². The second-order valence-corrected chi connectivity index (χ2v) is 6.81. The fraction of sp³-hybridized carbons (Fsp3) is 0.217. The van der Waals surface area contributed by atoms with Gasteiger partial charge in [-0.15, -0.1) is 0 Å². The lowest BCUT2D eigenvalue weighted by molar-refractivity contribution is -0.492. The summed E-state index contributed by atoms with van der Waals surface area (Å²) < 4.78 is 0. The molecule has 0 saturated carbocycles. The molecule has 0 aliphatic rings. The zero-order valence-corrected chi connectivity index (χ0v) is 15.6. The summed E-state index contributed by atoms with van der Waals surface area (Å²) in [7, 11) is 0. The summed E-state index contributed by atoms with van der Waals surface area (Å²) >= 11 is 0. The summed E-state index contributed by atoms with van der Waals surface area (Å²) in [6.07, 6.45) is -1.12. The molecule has 144 valence electrons. The van der Waals surface area contributed by atoms with Crippen molar-refractivity contribution < 1.29 is 10.0 Å². The maximum Gasteiger partial charge on any atom is 0.231 e. The summed E-state index contributed by atoms with van der Waals surface area (Å²) in [6, 6.07) is 28.9. The van der Waals surface area contributed by atoms with Gasteiger partial charge in [0.1, 0.15) is 6.10 Å². The van der Waals surface area contributed by atoms with Gasteiger partial charge in [-0.1, -0.05) is 91.0 Å². The van der Waals surface area contributed by atoms with Crippen LogP contribution in [0.25, 0.3) is 0 Å². The van der Waals surface area contributed by atoms with Crippen LogP contribution in [0, 0.1) is 10.1 Å². The van der Waals surface area contributed by atoms with Crippen LogP contribution in [0.2, 0.25) is 0 Å². The molecular weight excluding hydrogens is 352 g/mol. The molecule has 0 saturated heterocycles. The molecule has 1 N–H and O–H groups in total. The lowest BCUT2D eigenvalue weighted by Gasteiger charge is -2.34. The number of nitro groups is 1. The van der Waals surface area contributed by atoms with Crippen molar-refractivity contribution in [3.63, 3.8) is 0 Å². The Hall–Kier alpha value is -3.02. The number of nitrogens with zero attached hydrogens (tertiary/aromatic N) is 2. The average Bonchev–Trinajstić information content (AvgIpc) is 2.70. The first-order chi connectivity index (χ1) is 13.6. The normalized spacial score (nSPS) is 13.2. The fourth-order valence-electron chi connectivity index (χ4n) is 3.47. The highest BCUT2D eigenvalue weighted by molar-refractivity contribution is 5.23. The minimum absolute atomic E-state index is 0.455. The molecule has 3 aromatic carbocycles. The third-order valence-electron chi connectivity index (χ3n) is 4.69. The van der Waals surface area contributed by atoms with Crippen LogP contribution in [-0.4, -0.2) is 27.6 Å². The Labute approximate surface area is 165 Å². The first kappa shape index (κ1) is 19.7. The maximum atomic E-state index is 11.1. The zero-order valence-electron chi connectivity index (χ0n) is 15.6. The third-order valence-corrected chi connectivity index (χ3v) is 4.69. The van der Waals surface area contributed by atoms with E-state index in [9.17, 15) is 15.2 Å². The van der Waals surface area contributed by atoms with E-state index in [0.29, 0.717) is 13.1 Å². The SMILES string of the molecule is O=[N+]([O-])C[C@@H](O)[C@H](c1ccccc1)N(Cc1ccccc1)Cc1ccccc1. The van der Waals surface area contributed by atoms with Crippen LogP contribution in [0.4, 0.5) is 0 Å². The Balaban J connectivity index is 1.97. The Kier molecular flexibility index (Phi) is 6.89. The fourth-order valence-corrected chi connectivity index (χ4v) is 3.47. The smallest absolute Gasteiger partial charge is 0.231 e. The highest BCUT2D eigenvalue weighted by Gasteiger charge is 2.31. The van der Waals surface area contributed by atoms with Crippen LogP contribution in [0.15, 0.2) is 91.0 Å². The Morgan fingerprint density at radius 3 is 1.64 bits per heavy atom. The third kappa shape index (κ3) is 5.49. The molecule has 0 aromatic heterocycles. The molecule has 28 heavy (non-hydrogen) atoms. The summed E-state index contributed by atoms with van der Waals surface area (Å²) in [6.45, 7) is 0.647. The van der Waals surface area contributed by atoms with E-state index in [4.69, 9.17) is 0 Å². The van der Waals surface area contributed by atoms with E-state index in [1.165, 1.54) is 0 Å². The van der Waals surface area contributed by atoms with Crippen molar-refractivity contribution in [2.45, 2.75) is 25.2 Å². The average molecular weight is 376 g/mol. The second kappa shape index (κ2) is 9.78. The van der Waals surface area contributed by atoms with Gasteiger partial charge in [-0.05, 0) is 16.7 Å². The first-order valence-corrected chi connectivity index (χ1v) is 9.30. The molecule has 3 rings (SSSR count). The van der Waals surface area contributed by atoms with Gasteiger partial charge in [-0.3, -0.25) is 15.0 Å². The Morgan fingerprint density at radius 2 is 1.21 bits per heavy atom. The van der Waals surface area contributed by atoms with Gasteiger partial charge in [0.15, 0.2) is 0 Å². The molecule has 0 aliphatic heterocycles. The first-order valence-electron chi connectivity index (χ1n) is 9.30. The number of hydrogen-bond acceptors (Lipinski definition) is 4. The minimum Gasteiger partial charge on any atom is -0.384 e. The van der Waals surface area contributed by atoms with E-state index < -0.39 is 23.6 Å². The van der Waals surface area contributed by atoms with E-state index in [-0.39, 0.29) is 0 Å². The van der Waals surface area contributed by atoms with Crippen LogP contribution < -0.4 is 0 Å². The predicted octanol–water partition coefficient (Wildman–Crippen LogP) is 4.07. The van der Waals surface area contributed by atoms with Crippen LogP contribution >= 0.6 is 0 Å². The van der Waals surface area contributed by atoms with Crippen molar-refractivity contribution in [3.05, 3.63) is 118 Å². The topological polar surface area (TPSA) is 66.6 Å². The van der Waals surface area contributed by atoms with Gasteiger partial charge in [-0.25, -0.2) is 0 Å².